The quantitative estimate of drug-likeness (QED) is 0.647. The first kappa shape index (κ1) is 21.5. The number of hydrogen-bond acceptors (Lipinski definition) is 5. The summed E-state index contributed by atoms with van der Waals surface area (Å²) in [5.41, 5.74) is 1.92. The molecule has 0 radical (unpaired) electrons. The molecule has 1 atom stereocenters. The molecule has 0 bridgehead atoms. The first-order valence-electron chi connectivity index (χ1n) is 10.8. The normalized spacial score (nSPS) is 16.6. The summed E-state index contributed by atoms with van der Waals surface area (Å²) in [4.78, 5) is 32.2. The molecule has 0 spiro atoms. The number of nitriles is 1. The number of H-pyrrole nitrogens is 1. The summed E-state index contributed by atoms with van der Waals surface area (Å²) in [6.45, 7) is 5.26. The zero-order chi connectivity index (χ0) is 22.7. The summed E-state index contributed by atoms with van der Waals surface area (Å²) < 4.78 is 1.33. The van der Waals surface area contributed by atoms with Crippen molar-refractivity contribution in [2.24, 2.45) is 0 Å². The van der Waals surface area contributed by atoms with Gasteiger partial charge < -0.3 is 5.32 Å². The number of pyridine rings is 1. The number of carbonyl (C=O) groups is 1. The van der Waals surface area contributed by atoms with Crippen molar-refractivity contribution in [2.45, 2.75) is 45.3 Å². The lowest BCUT2D eigenvalue weighted by atomic mass is 10.1. The van der Waals surface area contributed by atoms with Crippen molar-refractivity contribution in [3.8, 4) is 23.0 Å². The molecule has 1 fully saturated rings. The Morgan fingerprint density at radius 2 is 2.00 bits per heavy atom. The van der Waals surface area contributed by atoms with Crippen molar-refractivity contribution in [2.75, 3.05) is 6.54 Å². The van der Waals surface area contributed by atoms with Gasteiger partial charge in [0, 0.05) is 25.0 Å². The number of benzene rings is 1. The van der Waals surface area contributed by atoms with E-state index in [4.69, 9.17) is 5.26 Å². The van der Waals surface area contributed by atoms with Crippen molar-refractivity contribution >= 4 is 5.91 Å². The fourth-order valence-electron chi connectivity index (χ4n) is 4.09. The van der Waals surface area contributed by atoms with Crippen LogP contribution in [0.2, 0.25) is 0 Å². The second kappa shape index (κ2) is 9.20. The smallest absolute Gasteiger partial charge is 0.280 e. The molecule has 1 unspecified atom stereocenters. The molecule has 0 aliphatic carbocycles. The second-order valence-electron chi connectivity index (χ2n) is 8.24. The molecule has 8 heteroatoms. The third-order valence-electron chi connectivity index (χ3n) is 5.84. The Morgan fingerprint density at radius 1 is 1.22 bits per heavy atom. The van der Waals surface area contributed by atoms with Crippen molar-refractivity contribution in [3.05, 3.63) is 70.3 Å². The fourth-order valence-corrected chi connectivity index (χ4v) is 4.09. The summed E-state index contributed by atoms with van der Waals surface area (Å²) in [5.74, 6) is 0.228. The van der Waals surface area contributed by atoms with E-state index in [9.17, 15) is 9.59 Å². The highest BCUT2D eigenvalue weighted by Gasteiger charge is 2.26. The highest BCUT2D eigenvalue weighted by atomic mass is 16.2. The number of amides is 1. The van der Waals surface area contributed by atoms with E-state index in [1.165, 1.54) is 10.9 Å². The molecule has 1 amide bonds. The number of carbonyl (C=O) groups excluding carboxylic acids is 1. The molecular weight excluding hydrogens is 404 g/mol. The lowest BCUT2D eigenvalue weighted by Crippen LogP contribution is -2.53. The number of nitrogens with zero attached hydrogens (tertiary/aromatic N) is 4. The Balaban J connectivity index is 1.50. The number of hydrogen-bond donors (Lipinski definition) is 2. The van der Waals surface area contributed by atoms with Crippen molar-refractivity contribution in [1.82, 2.24) is 25.0 Å². The van der Waals surface area contributed by atoms with Crippen LogP contribution in [-0.2, 0) is 0 Å². The fraction of sp³-hybridized carbons (Fsp3) is 0.333. The van der Waals surface area contributed by atoms with Gasteiger partial charge in [-0.1, -0.05) is 12.1 Å². The Labute approximate surface area is 186 Å². The Hall–Kier alpha value is -3.70. The Bertz CT molecular complexity index is 1180. The van der Waals surface area contributed by atoms with Crippen LogP contribution >= 0.6 is 0 Å². The van der Waals surface area contributed by atoms with Gasteiger partial charge in [-0.05, 0) is 62.9 Å². The lowest BCUT2D eigenvalue weighted by molar-refractivity contribution is 0.0670. The molecule has 8 nitrogen and oxygen atoms in total. The average Bonchev–Trinajstić information content (AvgIpc) is 3.20. The maximum absolute atomic E-state index is 12.8. The van der Waals surface area contributed by atoms with E-state index in [1.807, 2.05) is 0 Å². The van der Waals surface area contributed by atoms with E-state index < -0.39 is 0 Å². The number of aromatic nitrogens is 3. The van der Waals surface area contributed by atoms with Gasteiger partial charge in [-0.25, -0.2) is 9.67 Å². The molecule has 4 rings (SSSR count). The lowest BCUT2D eigenvalue weighted by Gasteiger charge is -2.38. The van der Waals surface area contributed by atoms with E-state index in [-0.39, 0.29) is 17.6 Å². The van der Waals surface area contributed by atoms with Gasteiger partial charge in [0.2, 0.25) is 0 Å². The minimum atomic E-state index is -0.255. The maximum atomic E-state index is 12.8. The molecule has 164 valence electrons. The van der Waals surface area contributed by atoms with Crippen LogP contribution in [0, 0.1) is 11.3 Å². The highest BCUT2D eigenvalue weighted by molar-refractivity contribution is 5.94. The standard InChI is InChI=1S/C24H26N6O2/c1-16(2)29-12-4-3-5-22(29)28-23(31)19-10-11-21(26-14-19)30-24(32)20(15-27-30)18-8-6-17(13-25)7-9-18/h6-11,14-16,22,27H,3-5,12H2,1-2H3,(H,28,31). The number of aromatic amines is 1. The van der Waals surface area contributed by atoms with E-state index in [0.717, 1.165) is 25.8 Å². The van der Waals surface area contributed by atoms with E-state index in [0.29, 0.717) is 34.1 Å². The molecule has 1 aliphatic rings. The minimum Gasteiger partial charge on any atom is -0.336 e. The van der Waals surface area contributed by atoms with Crippen LogP contribution in [0.25, 0.3) is 16.9 Å². The zero-order valence-corrected chi connectivity index (χ0v) is 18.2. The molecule has 1 aromatic carbocycles. The summed E-state index contributed by atoms with van der Waals surface area (Å²) in [6.07, 6.45) is 6.30. The van der Waals surface area contributed by atoms with Crippen LogP contribution in [0.3, 0.4) is 0 Å². The van der Waals surface area contributed by atoms with Crippen LogP contribution in [0.5, 0.6) is 0 Å². The highest BCUT2D eigenvalue weighted by Crippen LogP contribution is 2.19. The summed E-state index contributed by atoms with van der Waals surface area (Å²) in [5, 5.41) is 15.0. The van der Waals surface area contributed by atoms with Gasteiger partial charge in [-0.2, -0.15) is 5.26 Å². The average molecular weight is 431 g/mol. The van der Waals surface area contributed by atoms with Crippen LogP contribution in [-0.4, -0.2) is 44.3 Å². The molecular formula is C24H26N6O2. The molecule has 3 heterocycles. The number of piperidine rings is 1. The summed E-state index contributed by atoms with van der Waals surface area (Å²) in [7, 11) is 0. The number of likely N-dealkylation sites (tertiary alicyclic amines) is 1. The minimum absolute atomic E-state index is 0.0249. The SMILES string of the molecule is CC(C)N1CCCCC1NC(=O)c1ccc(-n2[nH]cc(-c3ccc(C#N)cc3)c2=O)nc1. The molecule has 1 aliphatic heterocycles. The van der Waals surface area contributed by atoms with Gasteiger partial charge in [-0.15, -0.1) is 0 Å². The van der Waals surface area contributed by atoms with Gasteiger partial charge in [0.15, 0.2) is 5.82 Å². The largest absolute Gasteiger partial charge is 0.336 e. The summed E-state index contributed by atoms with van der Waals surface area (Å²) >= 11 is 0. The molecule has 2 aromatic heterocycles. The third-order valence-corrected chi connectivity index (χ3v) is 5.84. The molecule has 2 N–H and O–H groups in total. The maximum Gasteiger partial charge on any atom is 0.280 e. The summed E-state index contributed by atoms with van der Waals surface area (Å²) in [6, 6.07) is 12.6. The molecule has 3 aromatic rings. The Morgan fingerprint density at radius 3 is 2.66 bits per heavy atom. The van der Waals surface area contributed by atoms with Crippen molar-refractivity contribution in [3.63, 3.8) is 0 Å². The van der Waals surface area contributed by atoms with Crippen LogP contribution in [0.1, 0.15) is 49.0 Å². The molecule has 32 heavy (non-hydrogen) atoms. The number of rotatable bonds is 5. The molecule has 1 saturated heterocycles. The zero-order valence-electron chi connectivity index (χ0n) is 18.2. The van der Waals surface area contributed by atoms with Crippen molar-refractivity contribution in [1.29, 1.82) is 5.26 Å². The van der Waals surface area contributed by atoms with Gasteiger partial charge in [0.05, 0.1) is 28.9 Å². The first-order chi connectivity index (χ1) is 15.5. The molecule has 0 saturated carbocycles. The predicted octanol–water partition coefficient (Wildman–Crippen LogP) is 3.05. The van der Waals surface area contributed by atoms with E-state index in [2.05, 4.69) is 40.2 Å². The predicted molar refractivity (Wildman–Crippen MR) is 121 cm³/mol. The van der Waals surface area contributed by atoms with Gasteiger partial charge >= 0.3 is 0 Å². The third kappa shape index (κ3) is 4.34. The van der Waals surface area contributed by atoms with E-state index in [1.54, 1.807) is 42.6 Å². The van der Waals surface area contributed by atoms with Crippen LogP contribution in [0.15, 0.2) is 53.6 Å². The van der Waals surface area contributed by atoms with Crippen molar-refractivity contribution < 1.29 is 4.79 Å². The number of nitrogens with one attached hydrogen (secondary N) is 2. The monoisotopic (exact) mass is 430 g/mol. The first-order valence-corrected chi connectivity index (χ1v) is 10.8. The topological polar surface area (TPSA) is 107 Å². The second-order valence-corrected chi connectivity index (χ2v) is 8.24. The Kier molecular flexibility index (Phi) is 6.19. The van der Waals surface area contributed by atoms with Crippen LogP contribution < -0.4 is 10.9 Å². The van der Waals surface area contributed by atoms with E-state index >= 15 is 0 Å². The van der Waals surface area contributed by atoms with Crippen LogP contribution in [0.4, 0.5) is 0 Å². The van der Waals surface area contributed by atoms with Gasteiger partial charge in [-0.3, -0.25) is 19.6 Å². The van der Waals surface area contributed by atoms with Gasteiger partial charge in [0.1, 0.15) is 0 Å². The van der Waals surface area contributed by atoms with Gasteiger partial charge in [0.25, 0.3) is 11.5 Å².